The summed E-state index contributed by atoms with van der Waals surface area (Å²) in [6.07, 6.45) is 6.32. The molecule has 1 unspecified atom stereocenters. The molecule has 2 nitrogen and oxygen atoms in total. The first kappa shape index (κ1) is 13.8. The summed E-state index contributed by atoms with van der Waals surface area (Å²) >= 11 is 3.89. The first-order valence-corrected chi connectivity index (χ1v) is 8.80. The number of nitrogens with zero attached hydrogens (tertiary/aromatic N) is 1. The average molecular weight is 301 g/mol. The Kier molecular flexibility index (Phi) is 3.89. The van der Waals surface area contributed by atoms with Crippen molar-refractivity contribution in [1.82, 2.24) is 4.90 Å². The summed E-state index contributed by atoms with van der Waals surface area (Å²) in [5, 5.41) is 0. The number of hydrogen-bond acceptors (Lipinski definition) is 4. The number of ether oxygens (including phenoxy) is 1. The molecular formula is C14H20FNOS2. The maximum absolute atomic E-state index is 14.8. The lowest BCUT2D eigenvalue weighted by Crippen LogP contribution is -2.41. The van der Waals surface area contributed by atoms with Crippen molar-refractivity contribution in [2.24, 2.45) is 0 Å². The van der Waals surface area contributed by atoms with E-state index in [0.29, 0.717) is 0 Å². The van der Waals surface area contributed by atoms with Crippen LogP contribution in [-0.4, -0.2) is 40.9 Å². The largest absolute Gasteiger partial charge is 0.358 e. The predicted molar refractivity (Wildman–Crippen MR) is 80.9 cm³/mol. The molecule has 5 heteroatoms. The average Bonchev–Trinajstić information content (AvgIpc) is 2.43. The Morgan fingerprint density at radius 3 is 2.79 bits per heavy atom. The van der Waals surface area contributed by atoms with E-state index in [0.717, 1.165) is 36.3 Å². The van der Waals surface area contributed by atoms with Crippen molar-refractivity contribution in [2.75, 3.05) is 25.7 Å². The number of methoxy groups -OCH3 is 1. The highest BCUT2D eigenvalue weighted by molar-refractivity contribution is 8.19. The van der Waals surface area contributed by atoms with E-state index in [1.165, 1.54) is 12.0 Å². The van der Waals surface area contributed by atoms with Gasteiger partial charge in [0.2, 0.25) is 0 Å². The SMILES string of the molecule is COC1C=C2CCCC3(SCCCS3)C2=C(F)N1C. The first-order valence-electron chi connectivity index (χ1n) is 6.83. The molecule has 19 heavy (non-hydrogen) atoms. The third-order valence-electron chi connectivity index (χ3n) is 4.10. The van der Waals surface area contributed by atoms with Gasteiger partial charge in [-0.1, -0.05) is 0 Å². The molecule has 3 aliphatic rings. The molecule has 0 amide bonds. The molecule has 0 aromatic carbocycles. The molecule has 0 N–H and O–H groups in total. The third-order valence-corrected chi connectivity index (χ3v) is 7.54. The van der Waals surface area contributed by atoms with Gasteiger partial charge in [-0.25, -0.2) is 0 Å². The number of halogens is 1. The molecule has 106 valence electrons. The van der Waals surface area contributed by atoms with E-state index in [2.05, 4.69) is 6.08 Å². The molecule has 1 saturated heterocycles. The molecule has 0 aromatic rings. The second-order valence-corrected chi connectivity index (χ2v) is 8.30. The van der Waals surface area contributed by atoms with E-state index < -0.39 is 0 Å². The smallest absolute Gasteiger partial charge is 0.197 e. The minimum atomic E-state index is -0.257. The summed E-state index contributed by atoms with van der Waals surface area (Å²) in [5.74, 6) is 2.22. The van der Waals surface area contributed by atoms with Crippen LogP contribution in [0.5, 0.6) is 0 Å². The monoisotopic (exact) mass is 301 g/mol. The van der Waals surface area contributed by atoms with Crippen LogP contribution in [0.3, 0.4) is 0 Å². The van der Waals surface area contributed by atoms with E-state index in [-0.39, 0.29) is 16.3 Å². The molecule has 0 radical (unpaired) electrons. The molecule has 1 aliphatic carbocycles. The Morgan fingerprint density at radius 1 is 1.37 bits per heavy atom. The zero-order valence-electron chi connectivity index (χ0n) is 11.4. The normalized spacial score (nSPS) is 30.4. The van der Waals surface area contributed by atoms with E-state index in [4.69, 9.17) is 4.74 Å². The molecule has 1 atom stereocenters. The van der Waals surface area contributed by atoms with Crippen molar-refractivity contribution >= 4 is 23.5 Å². The maximum Gasteiger partial charge on any atom is 0.197 e. The van der Waals surface area contributed by atoms with Gasteiger partial charge in [-0.3, -0.25) is 0 Å². The number of allylic oxidation sites excluding steroid dienone is 1. The van der Waals surface area contributed by atoms with Gasteiger partial charge in [0, 0.05) is 19.7 Å². The minimum Gasteiger partial charge on any atom is -0.358 e. The van der Waals surface area contributed by atoms with Crippen LogP contribution < -0.4 is 0 Å². The van der Waals surface area contributed by atoms with Gasteiger partial charge in [-0.2, -0.15) is 4.39 Å². The van der Waals surface area contributed by atoms with Crippen LogP contribution in [-0.2, 0) is 4.74 Å². The van der Waals surface area contributed by atoms with E-state index in [1.807, 2.05) is 23.5 Å². The number of hydrogen-bond donors (Lipinski definition) is 0. The molecule has 1 saturated carbocycles. The molecule has 0 aromatic heterocycles. The van der Waals surface area contributed by atoms with Crippen LogP contribution in [0.1, 0.15) is 25.7 Å². The summed E-state index contributed by atoms with van der Waals surface area (Å²) in [5.41, 5.74) is 2.12. The topological polar surface area (TPSA) is 12.5 Å². The van der Waals surface area contributed by atoms with Crippen molar-refractivity contribution in [3.8, 4) is 0 Å². The van der Waals surface area contributed by atoms with Gasteiger partial charge < -0.3 is 9.64 Å². The highest BCUT2D eigenvalue weighted by Crippen LogP contribution is 2.58. The highest BCUT2D eigenvalue weighted by Gasteiger charge is 2.46. The second kappa shape index (κ2) is 5.34. The molecule has 2 fully saturated rings. The van der Waals surface area contributed by atoms with Crippen LogP contribution >= 0.6 is 23.5 Å². The molecule has 2 heterocycles. The van der Waals surface area contributed by atoms with Crippen LogP contribution in [0.4, 0.5) is 4.39 Å². The van der Waals surface area contributed by atoms with Crippen molar-refractivity contribution < 1.29 is 9.13 Å². The van der Waals surface area contributed by atoms with Gasteiger partial charge in [0.25, 0.3) is 0 Å². The fourth-order valence-electron chi connectivity index (χ4n) is 3.12. The molecule has 0 bridgehead atoms. The van der Waals surface area contributed by atoms with Crippen LogP contribution in [0.2, 0.25) is 0 Å². The maximum atomic E-state index is 14.8. The Hall–Kier alpha value is -0.130. The van der Waals surface area contributed by atoms with Crippen molar-refractivity contribution in [3.63, 3.8) is 0 Å². The summed E-state index contributed by atoms with van der Waals surface area (Å²) in [4.78, 5) is 1.63. The highest BCUT2D eigenvalue weighted by atomic mass is 32.2. The Morgan fingerprint density at radius 2 is 2.11 bits per heavy atom. The number of fused-ring (bicyclic) bond motifs is 2. The van der Waals surface area contributed by atoms with Crippen molar-refractivity contribution in [3.05, 3.63) is 23.2 Å². The van der Waals surface area contributed by atoms with Crippen molar-refractivity contribution in [1.29, 1.82) is 0 Å². The summed E-state index contributed by atoms with van der Waals surface area (Å²) in [7, 11) is 3.42. The molecule has 1 spiro atoms. The number of thioether (sulfide) groups is 2. The van der Waals surface area contributed by atoms with Gasteiger partial charge in [0.05, 0.1) is 4.08 Å². The fourth-order valence-corrected chi connectivity index (χ4v) is 6.67. The zero-order chi connectivity index (χ0) is 13.5. The lowest BCUT2D eigenvalue weighted by Gasteiger charge is -2.45. The quantitative estimate of drug-likeness (QED) is 0.683. The standard InChI is InChI=1S/C14H20FNOS2/c1-16-11(17-2)9-10-5-3-6-14(12(10)13(16)15)18-7-4-8-19-14/h9,11H,3-8H2,1-2H3. The van der Waals surface area contributed by atoms with E-state index >= 15 is 0 Å². The molecule has 2 aliphatic heterocycles. The minimum absolute atomic E-state index is 0.0423. The van der Waals surface area contributed by atoms with Crippen LogP contribution in [0, 0.1) is 0 Å². The van der Waals surface area contributed by atoms with Crippen LogP contribution in [0.25, 0.3) is 0 Å². The van der Waals surface area contributed by atoms with E-state index in [9.17, 15) is 4.39 Å². The van der Waals surface area contributed by atoms with Crippen LogP contribution in [0.15, 0.2) is 23.2 Å². The zero-order valence-corrected chi connectivity index (χ0v) is 13.1. The third kappa shape index (κ3) is 2.24. The fraction of sp³-hybridized carbons (Fsp3) is 0.714. The van der Waals surface area contributed by atoms with Gasteiger partial charge >= 0.3 is 0 Å². The molecular weight excluding hydrogens is 281 g/mol. The van der Waals surface area contributed by atoms with Gasteiger partial charge in [0.15, 0.2) is 12.2 Å². The number of likely N-dealkylation sites (N-methyl/N-ethyl adjacent to an activating group) is 1. The Balaban J connectivity index is 2.02. The van der Waals surface area contributed by atoms with Gasteiger partial charge in [-0.15, -0.1) is 23.5 Å². The summed E-state index contributed by atoms with van der Waals surface area (Å²) < 4.78 is 20.2. The Labute approximate surface area is 122 Å². The lowest BCUT2D eigenvalue weighted by atomic mass is 9.86. The Bertz CT molecular complexity index is 424. The first-order chi connectivity index (χ1) is 9.18. The second-order valence-electron chi connectivity index (χ2n) is 5.25. The van der Waals surface area contributed by atoms with Gasteiger partial charge in [-0.05, 0) is 48.8 Å². The number of rotatable bonds is 1. The van der Waals surface area contributed by atoms with Gasteiger partial charge in [0.1, 0.15) is 0 Å². The molecule has 3 rings (SSSR count). The van der Waals surface area contributed by atoms with Crippen molar-refractivity contribution in [2.45, 2.75) is 36.0 Å². The summed E-state index contributed by atoms with van der Waals surface area (Å²) in [6.45, 7) is 0. The summed E-state index contributed by atoms with van der Waals surface area (Å²) in [6, 6.07) is 0. The van der Waals surface area contributed by atoms with E-state index in [1.54, 1.807) is 19.1 Å². The predicted octanol–water partition coefficient (Wildman–Crippen LogP) is 3.76. The lowest BCUT2D eigenvalue weighted by molar-refractivity contribution is 0.0195.